The highest BCUT2D eigenvalue weighted by molar-refractivity contribution is 7.21. The van der Waals surface area contributed by atoms with E-state index in [0.29, 0.717) is 5.39 Å². The smallest absolute Gasteiger partial charge is 0.325 e. The third kappa shape index (κ3) is 5.32. The van der Waals surface area contributed by atoms with Crippen molar-refractivity contribution in [2.24, 2.45) is 0 Å². The third-order valence-electron chi connectivity index (χ3n) is 3.93. The molecule has 9 nitrogen and oxygen atoms in total. The van der Waals surface area contributed by atoms with Crippen molar-refractivity contribution in [3.8, 4) is 0 Å². The predicted octanol–water partition coefficient (Wildman–Crippen LogP) is 3.51. The van der Waals surface area contributed by atoms with Gasteiger partial charge in [0, 0.05) is 22.2 Å². The Hall–Kier alpha value is -3.57. The maximum Gasteiger partial charge on any atom is 0.325 e. The van der Waals surface area contributed by atoms with Crippen LogP contribution < -0.4 is 10.6 Å². The molecule has 3 aromatic rings. The Morgan fingerprint density at radius 3 is 2.65 bits per heavy atom. The number of ether oxygens (including phenoxy) is 1. The SMILES string of the molecule is O=C(COC(=O)CNC(=O)c1sc2ccccc2c1Cl)Nc1cc([N+](=O)[O-])ccc1F. The monoisotopic (exact) mass is 465 g/mol. The molecule has 2 amide bonds. The lowest BCUT2D eigenvalue weighted by molar-refractivity contribution is -0.384. The van der Waals surface area contributed by atoms with Crippen molar-refractivity contribution in [3.05, 3.63) is 68.3 Å². The number of rotatable bonds is 7. The van der Waals surface area contributed by atoms with Gasteiger partial charge in [0.15, 0.2) is 6.61 Å². The summed E-state index contributed by atoms with van der Waals surface area (Å²) < 4.78 is 19.2. The predicted molar refractivity (Wildman–Crippen MR) is 112 cm³/mol. The fraction of sp³-hybridized carbons (Fsp3) is 0.105. The molecule has 0 aliphatic carbocycles. The van der Waals surface area contributed by atoms with E-state index >= 15 is 0 Å². The van der Waals surface area contributed by atoms with Crippen molar-refractivity contribution in [2.45, 2.75) is 0 Å². The summed E-state index contributed by atoms with van der Waals surface area (Å²) in [7, 11) is 0. The standard InChI is InChI=1S/C19H13ClFN3O6S/c20-17-11-3-1-2-4-14(11)31-18(17)19(27)22-8-16(26)30-9-15(25)23-13-7-10(24(28)29)5-6-12(13)21/h1-7H,8-9H2,(H,22,27)(H,23,25). The van der Waals surface area contributed by atoms with Crippen LogP contribution in [0, 0.1) is 15.9 Å². The number of carbonyl (C=O) groups is 3. The average Bonchev–Trinajstić information content (AvgIpc) is 3.08. The number of amides is 2. The molecule has 3 rings (SSSR count). The number of non-ortho nitro benzene ring substituents is 1. The summed E-state index contributed by atoms with van der Waals surface area (Å²) in [6.07, 6.45) is 0. The molecule has 0 saturated carbocycles. The van der Waals surface area contributed by atoms with Crippen molar-refractivity contribution < 1.29 is 28.4 Å². The van der Waals surface area contributed by atoms with Crippen LogP contribution in [0.4, 0.5) is 15.8 Å². The van der Waals surface area contributed by atoms with Crippen LogP contribution in [0.25, 0.3) is 10.1 Å². The van der Waals surface area contributed by atoms with Crippen LogP contribution in [-0.4, -0.2) is 35.9 Å². The van der Waals surface area contributed by atoms with Crippen LogP contribution in [0.5, 0.6) is 0 Å². The second-order valence-electron chi connectivity index (χ2n) is 6.05. The first-order chi connectivity index (χ1) is 14.8. The highest BCUT2D eigenvalue weighted by atomic mass is 35.5. The summed E-state index contributed by atoms with van der Waals surface area (Å²) >= 11 is 7.36. The lowest BCUT2D eigenvalue weighted by Crippen LogP contribution is -2.32. The van der Waals surface area contributed by atoms with Crippen LogP contribution in [0.15, 0.2) is 42.5 Å². The maximum absolute atomic E-state index is 13.7. The number of fused-ring (bicyclic) bond motifs is 1. The lowest BCUT2D eigenvalue weighted by Gasteiger charge is -2.08. The molecule has 0 fully saturated rings. The number of nitro groups is 1. The van der Waals surface area contributed by atoms with E-state index in [4.69, 9.17) is 16.3 Å². The summed E-state index contributed by atoms with van der Waals surface area (Å²) in [6, 6.07) is 9.76. The largest absolute Gasteiger partial charge is 0.454 e. The number of anilines is 1. The van der Waals surface area contributed by atoms with Gasteiger partial charge < -0.3 is 15.4 Å². The van der Waals surface area contributed by atoms with Gasteiger partial charge in [0.2, 0.25) is 0 Å². The molecule has 1 aromatic heterocycles. The summed E-state index contributed by atoms with van der Waals surface area (Å²) in [5.41, 5.74) is -0.848. The van der Waals surface area contributed by atoms with Gasteiger partial charge in [-0.25, -0.2) is 4.39 Å². The number of esters is 1. The van der Waals surface area contributed by atoms with Crippen molar-refractivity contribution >= 4 is 62.2 Å². The van der Waals surface area contributed by atoms with Gasteiger partial charge >= 0.3 is 5.97 Å². The summed E-state index contributed by atoms with van der Waals surface area (Å²) in [5.74, 6) is -3.30. The molecular formula is C19H13ClFN3O6S. The van der Waals surface area contributed by atoms with E-state index in [-0.39, 0.29) is 9.90 Å². The van der Waals surface area contributed by atoms with E-state index in [0.717, 1.165) is 34.2 Å². The Kier molecular flexibility index (Phi) is 6.78. The highest BCUT2D eigenvalue weighted by Crippen LogP contribution is 2.34. The maximum atomic E-state index is 13.7. The Morgan fingerprint density at radius 2 is 1.94 bits per heavy atom. The molecule has 2 N–H and O–H groups in total. The highest BCUT2D eigenvalue weighted by Gasteiger charge is 2.18. The topological polar surface area (TPSA) is 128 Å². The third-order valence-corrected chi connectivity index (χ3v) is 5.61. The molecule has 0 spiro atoms. The van der Waals surface area contributed by atoms with E-state index in [1.165, 1.54) is 0 Å². The number of thiophene rings is 1. The van der Waals surface area contributed by atoms with Gasteiger partial charge in [-0.1, -0.05) is 29.8 Å². The Labute approximate surface area is 182 Å². The van der Waals surface area contributed by atoms with Gasteiger partial charge in [0.1, 0.15) is 17.2 Å². The Balaban J connectivity index is 1.50. The minimum atomic E-state index is -0.916. The van der Waals surface area contributed by atoms with Crippen molar-refractivity contribution in [1.29, 1.82) is 0 Å². The number of nitrogens with one attached hydrogen (secondary N) is 2. The van der Waals surface area contributed by atoms with Crippen molar-refractivity contribution in [1.82, 2.24) is 5.32 Å². The minimum absolute atomic E-state index is 0.231. The molecular weight excluding hydrogens is 453 g/mol. The van der Waals surface area contributed by atoms with Crippen LogP contribution in [0.3, 0.4) is 0 Å². The molecule has 0 aliphatic rings. The van der Waals surface area contributed by atoms with Crippen LogP contribution in [-0.2, 0) is 14.3 Å². The normalized spacial score (nSPS) is 10.5. The fourth-order valence-electron chi connectivity index (χ4n) is 2.50. The summed E-state index contributed by atoms with van der Waals surface area (Å²) in [5, 5.41) is 16.1. The number of halogens is 2. The van der Waals surface area contributed by atoms with E-state index < -0.39 is 53.1 Å². The van der Waals surface area contributed by atoms with Crippen LogP contribution >= 0.6 is 22.9 Å². The molecule has 0 saturated heterocycles. The molecule has 2 aromatic carbocycles. The first kappa shape index (κ1) is 22.1. The van der Waals surface area contributed by atoms with Gasteiger partial charge in [-0.2, -0.15) is 0 Å². The van der Waals surface area contributed by atoms with Gasteiger partial charge in [0.05, 0.1) is 15.6 Å². The van der Waals surface area contributed by atoms with Crippen LogP contribution in [0.2, 0.25) is 5.02 Å². The van der Waals surface area contributed by atoms with Crippen LogP contribution in [0.1, 0.15) is 9.67 Å². The quantitative estimate of drug-likeness (QED) is 0.312. The number of benzene rings is 2. The van der Waals surface area contributed by atoms with E-state index in [9.17, 15) is 28.9 Å². The molecule has 160 valence electrons. The Morgan fingerprint density at radius 1 is 1.19 bits per heavy atom. The second kappa shape index (κ2) is 9.49. The number of hydrogen-bond acceptors (Lipinski definition) is 7. The van der Waals surface area contributed by atoms with Gasteiger partial charge in [-0.3, -0.25) is 24.5 Å². The van der Waals surface area contributed by atoms with Crippen molar-refractivity contribution in [3.63, 3.8) is 0 Å². The van der Waals surface area contributed by atoms with E-state index in [1.54, 1.807) is 24.3 Å². The molecule has 0 bridgehead atoms. The molecule has 1 heterocycles. The molecule has 0 aliphatic heterocycles. The molecule has 0 radical (unpaired) electrons. The van der Waals surface area contributed by atoms with Gasteiger partial charge in [-0.05, 0) is 12.1 Å². The zero-order valence-corrected chi connectivity index (χ0v) is 17.1. The summed E-state index contributed by atoms with van der Waals surface area (Å²) in [6.45, 7) is -1.30. The zero-order chi connectivity index (χ0) is 22.5. The molecule has 0 unspecified atom stereocenters. The van der Waals surface area contributed by atoms with E-state index in [1.807, 2.05) is 0 Å². The van der Waals surface area contributed by atoms with Gasteiger partial charge in [-0.15, -0.1) is 11.3 Å². The van der Waals surface area contributed by atoms with Gasteiger partial charge in [0.25, 0.3) is 17.5 Å². The Bertz CT molecular complexity index is 1200. The second-order valence-corrected chi connectivity index (χ2v) is 7.48. The molecule has 12 heteroatoms. The average molecular weight is 466 g/mol. The zero-order valence-electron chi connectivity index (χ0n) is 15.5. The number of nitrogens with zero attached hydrogens (tertiary/aromatic N) is 1. The first-order valence-electron chi connectivity index (χ1n) is 8.61. The first-order valence-corrected chi connectivity index (χ1v) is 9.80. The molecule has 31 heavy (non-hydrogen) atoms. The number of hydrogen-bond donors (Lipinski definition) is 2. The fourth-order valence-corrected chi connectivity index (χ4v) is 3.93. The minimum Gasteiger partial charge on any atom is -0.454 e. The van der Waals surface area contributed by atoms with E-state index in [2.05, 4.69) is 10.6 Å². The summed E-state index contributed by atoms with van der Waals surface area (Å²) in [4.78, 5) is 46.1. The van der Waals surface area contributed by atoms with Crippen molar-refractivity contribution in [2.75, 3.05) is 18.5 Å². The molecule has 0 atom stereocenters. The lowest BCUT2D eigenvalue weighted by atomic mass is 10.2. The number of carbonyl (C=O) groups excluding carboxylic acids is 3. The number of nitro benzene ring substituents is 1.